The summed E-state index contributed by atoms with van der Waals surface area (Å²) in [6.45, 7) is 0. The highest BCUT2D eigenvalue weighted by molar-refractivity contribution is 7.80. The van der Waals surface area contributed by atoms with Gasteiger partial charge in [0.05, 0.1) is 0 Å². The number of rotatable bonds is 6. The fourth-order valence-corrected chi connectivity index (χ4v) is 11.5. The van der Waals surface area contributed by atoms with Gasteiger partial charge in [0.2, 0.25) is 8.67 Å². The molecule has 0 fully saturated rings. The van der Waals surface area contributed by atoms with Crippen LogP contribution in [0.25, 0.3) is 76.2 Å². The second-order valence-corrected chi connectivity index (χ2v) is 17.0. The summed E-state index contributed by atoms with van der Waals surface area (Å²) in [6, 6.07) is 71.5. The van der Waals surface area contributed by atoms with E-state index in [2.05, 4.69) is 200 Å². The van der Waals surface area contributed by atoms with Crippen LogP contribution in [-0.4, -0.2) is 0 Å². The molecule has 0 saturated heterocycles. The van der Waals surface area contributed by atoms with Crippen molar-refractivity contribution in [3.8, 4) is 22.6 Å². The van der Waals surface area contributed by atoms with Crippen molar-refractivity contribution >= 4 is 97.5 Å². The lowest BCUT2D eigenvalue weighted by Crippen LogP contribution is -2.22. The van der Waals surface area contributed by atoms with Crippen LogP contribution in [0.5, 0.6) is 11.5 Å². The Morgan fingerprint density at radius 1 is 0.386 bits per heavy atom. The molecule has 0 aliphatic carbocycles. The van der Waals surface area contributed by atoms with Gasteiger partial charge in [-0.25, -0.2) is 0 Å². The maximum Gasteiger partial charge on any atom is 0.201 e. The van der Waals surface area contributed by atoms with Gasteiger partial charge in [0.1, 0.15) is 11.3 Å². The van der Waals surface area contributed by atoms with Gasteiger partial charge >= 0.3 is 0 Å². The molecule has 1 atom stereocenters. The third kappa shape index (κ3) is 5.79. The number of benzene rings is 10. The van der Waals surface area contributed by atoms with E-state index < -0.39 is 7.92 Å². The molecule has 0 aliphatic heterocycles. The maximum atomic E-state index is 7.39. The molecule has 3 nitrogen and oxygen atoms in total. The van der Waals surface area contributed by atoms with Gasteiger partial charge in [-0.3, -0.25) is 0 Å². The molecule has 10 aromatic carbocycles. The molecular formula is C52H34O3P2. The molecular weight excluding hydrogens is 735 g/mol. The fourth-order valence-electron chi connectivity index (χ4n) is 8.43. The Hall–Kier alpha value is -6.63. The molecule has 0 N–H and O–H groups in total. The van der Waals surface area contributed by atoms with E-state index in [1.54, 1.807) is 0 Å². The summed E-state index contributed by atoms with van der Waals surface area (Å²) >= 11 is 0. The van der Waals surface area contributed by atoms with Crippen LogP contribution < -0.4 is 20.7 Å². The molecule has 0 aliphatic rings. The Morgan fingerprint density at radius 2 is 0.895 bits per heavy atom. The predicted molar refractivity (Wildman–Crippen MR) is 244 cm³/mol. The van der Waals surface area contributed by atoms with Crippen LogP contribution in [-0.2, 0) is 0 Å². The van der Waals surface area contributed by atoms with Crippen LogP contribution in [0.1, 0.15) is 0 Å². The molecule has 1 unspecified atom stereocenters. The quantitative estimate of drug-likeness (QED) is 0.158. The van der Waals surface area contributed by atoms with Crippen molar-refractivity contribution in [2.24, 2.45) is 0 Å². The second-order valence-electron chi connectivity index (χ2n) is 14.2. The minimum absolute atomic E-state index is 0.245. The number of ether oxygens (including phenoxy) is 1. The third-order valence-electron chi connectivity index (χ3n) is 10.9. The molecule has 57 heavy (non-hydrogen) atoms. The molecule has 0 amide bonds. The van der Waals surface area contributed by atoms with E-state index in [0.717, 1.165) is 60.0 Å². The topological polar surface area (TPSA) is 35.5 Å². The zero-order valence-corrected chi connectivity index (χ0v) is 32.6. The monoisotopic (exact) mass is 768 g/mol. The van der Waals surface area contributed by atoms with Crippen LogP contribution in [0, 0.1) is 0 Å². The van der Waals surface area contributed by atoms with Gasteiger partial charge in [-0.15, -0.1) is 0 Å². The minimum Gasteiger partial charge on any atom is -0.453 e. The minimum atomic E-state index is -0.967. The van der Waals surface area contributed by atoms with E-state index in [9.17, 15) is 0 Å². The van der Waals surface area contributed by atoms with E-state index in [1.807, 2.05) is 0 Å². The summed E-state index contributed by atoms with van der Waals surface area (Å²) in [5, 5.41) is 14.9. The van der Waals surface area contributed by atoms with Crippen LogP contribution in [0.2, 0.25) is 0 Å². The first-order valence-corrected chi connectivity index (χ1v) is 21.2. The molecule has 0 bridgehead atoms. The molecule has 270 valence electrons. The Labute approximate surface area is 332 Å². The Kier molecular flexibility index (Phi) is 8.36. The number of fused-ring (bicyclic) bond motifs is 9. The van der Waals surface area contributed by atoms with Gasteiger partial charge in [0.25, 0.3) is 0 Å². The lowest BCUT2D eigenvalue weighted by molar-refractivity contribution is 0.481. The zero-order valence-electron chi connectivity index (χ0n) is 30.7. The molecule has 11 aromatic rings. The third-order valence-corrected chi connectivity index (χ3v) is 14.0. The van der Waals surface area contributed by atoms with Crippen LogP contribution >= 0.6 is 16.6 Å². The van der Waals surface area contributed by atoms with Crippen LogP contribution in [0.4, 0.5) is 0 Å². The van der Waals surface area contributed by atoms with Crippen molar-refractivity contribution in [1.29, 1.82) is 0 Å². The number of hydrogen-bond donors (Lipinski definition) is 0. The summed E-state index contributed by atoms with van der Waals surface area (Å²) in [6.07, 6.45) is 0. The molecule has 1 aromatic heterocycles. The van der Waals surface area contributed by atoms with E-state index in [-0.39, 0.29) is 8.67 Å². The lowest BCUT2D eigenvalue weighted by Gasteiger charge is -2.25. The molecule has 1 heterocycles. The summed E-state index contributed by atoms with van der Waals surface area (Å²) in [5.74, 6) is 1.40. The van der Waals surface area contributed by atoms with Crippen molar-refractivity contribution in [3.63, 3.8) is 0 Å². The normalized spacial score (nSPS) is 11.8. The predicted octanol–water partition coefficient (Wildman–Crippen LogP) is 14.2. The molecule has 11 rings (SSSR count). The second kappa shape index (κ2) is 14.1. The summed E-state index contributed by atoms with van der Waals surface area (Å²) in [7, 11) is -1.21. The van der Waals surface area contributed by atoms with Crippen LogP contribution in [0.15, 0.2) is 209 Å². The highest BCUT2D eigenvalue weighted by Gasteiger charge is 2.26. The van der Waals surface area contributed by atoms with Crippen LogP contribution in [0.3, 0.4) is 0 Å². The summed E-state index contributed by atoms with van der Waals surface area (Å²) in [4.78, 5) is 0. The molecule has 0 radical (unpaired) electrons. The van der Waals surface area contributed by atoms with E-state index >= 15 is 0 Å². The average Bonchev–Trinajstić information content (AvgIpc) is 3.48. The molecule has 0 spiro atoms. The van der Waals surface area contributed by atoms with Gasteiger partial charge < -0.3 is 13.1 Å². The lowest BCUT2D eigenvalue weighted by atomic mass is 9.93. The first-order chi connectivity index (χ1) is 28.3. The van der Waals surface area contributed by atoms with Gasteiger partial charge in [0, 0.05) is 21.9 Å². The first-order valence-electron chi connectivity index (χ1n) is 19.1. The van der Waals surface area contributed by atoms with Crippen molar-refractivity contribution in [2.75, 3.05) is 0 Å². The van der Waals surface area contributed by atoms with Crippen molar-refractivity contribution in [3.05, 3.63) is 200 Å². The Balaban J connectivity index is 1.24. The highest BCUT2D eigenvalue weighted by Crippen LogP contribution is 2.48. The highest BCUT2D eigenvalue weighted by atomic mass is 31.1. The standard InChI is InChI=1S/C52H34O3P2/c1-3-19-38(20-4-1)57(39-21-5-2-6-22-39)47-32-29-36-17-9-13-25-42(36)50(47)48-40-23-11-7-15-34(40)27-30-44(48)53-46-33-37-18-10-14-26-43(37)51-49-41-24-12-8-16-35(41)28-31-45(49)54-56-55-52(46)51/h1-33,56H. The van der Waals surface area contributed by atoms with Crippen molar-refractivity contribution in [2.45, 2.75) is 0 Å². The summed E-state index contributed by atoms with van der Waals surface area (Å²) < 4.78 is 20.4. The van der Waals surface area contributed by atoms with Gasteiger partial charge in [0.15, 0.2) is 11.3 Å². The zero-order chi connectivity index (χ0) is 37.7. The SMILES string of the molecule is c1ccc(P(c2ccccc2)c2ccc3ccccc3c2-c2c(Oc3cc4ccccc4c4c3o[pH]oc3ccc5ccccc5c34)ccc3ccccc23)cc1. The number of hydrogen-bond acceptors (Lipinski definition) is 3. The Morgan fingerprint density at radius 3 is 1.56 bits per heavy atom. The smallest absolute Gasteiger partial charge is 0.201 e. The fraction of sp³-hybridized carbons (Fsp3) is 0. The summed E-state index contributed by atoms with van der Waals surface area (Å²) in [5.41, 5.74) is 3.71. The van der Waals surface area contributed by atoms with Gasteiger partial charge in [-0.1, -0.05) is 182 Å². The van der Waals surface area contributed by atoms with E-state index in [4.69, 9.17) is 13.1 Å². The van der Waals surface area contributed by atoms with Gasteiger partial charge in [-0.05, 0) is 85.1 Å². The van der Waals surface area contributed by atoms with Gasteiger partial charge in [-0.2, -0.15) is 0 Å². The Bertz CT molecular complexity index is 3300. The maximum absolute atomic E-state index is 7.39. The van der Waals surface area contributed by atoms with E-state index in [1.165, 1.54) is 32.2 Å². The van der Waals surface area contributed by atoms with Crippen molar-refractivity contribution in [1.82, 2.24) is 0 Å². The van der Waals surface area contributed by atoms with E-state index in [0.29, 0.717) is 11.3 Å². The van der Waals surface area contributed by atoms with Crippen molar-refractivity contribution < 1.29 is 13.1 Å². The largest absolute Gasteiger partial charge is 0.453 e. The molecule has 0 saturated carbocycles. The average molecular weight is 769 g/mol. The first kappa shape index (κ1) is 33.7. The molecule has 5 heteroatoms.